The van der Waals surface area contributed by atoms with Gasteiger partial charge in [-0.2, -0.15) is 0 Å². The maximum absolute atomic E-state index is 2.54. The Kier molecular flexibility index (Phi) is 3.57. The van der Waals surface area contributed by atoms with Crippen molar-refractivity contribution in [3.63, 3.8) is 0 Å². The minimum absolute atomic E-state index is 0. The lowest BCUT2D eigenvalue weighted by Gasteiger charge is -2.51. The quantitative estimate of drug-likeness (QED) is 0.702. The van der Waals surface area contributed by atoms with Crippen LogP contribution in [0.25, 0.3) is 0 Å². The molecule has 5 rings (SSSR count). The summed E-state index contributed by atoms with van der Waals surface area (Å²) in [4.78, 5) is 2.54. The number of quaternary nitrogens is 1. The number of halogens is 1. The van der Waals surface area contributed by atoms with Crippen molar-refractivity contribution in [2.24, 2.45) is 0 Å². The number of para-hydroxylation sites is 2. The van der Waals surface area contributed by atoms with Gasteiger partial charge < -0.3 is 21.9 Å². The molecule has 2 nitrogen and oxygen atoms in total. The Hall–Kier alpha value is -1.32. The van der Waals surface area contributed by atoms with Crippen LogP contribution >= 0.6 is 0 Å². The second-order valence-electron chi connectivity index (χ2n) is 5.71. The number of benzene rings is 2. The molecule has 0 aliphatic carbocycles. The molecule has 0 amide bonds. The molecule has 3 heteroatoms. The summed E-state index contributed by atoms with van der Waals surface area (Å²) in [6.45, 7) is 6.01. The van der Waals surface area contributed by atoms with Gasteiger partial charge in [0, 0.05) is 11.6 Å². The maximum atomic E-state index is 2.54. The Bertz CT molecular complexity index is 589. The number of anilines is 1. The molecule has 0 unspecified atom stereocenters. The Balaban J connectivity index is 0.00000121. The molecular formula is C17H19BrN2. The average Bonchev–Trinajstić information content (AvgIpc) is 2.50. The van der Waals surface area contributed by atoms with Crippen molar-refractivity contribution < 1.29 is 17.0 Å². The first-order valence-electron chi connectivity index (χ1n) is 7.12. The number of fused-ring (bicyclic) bond motifs is 2. The van der Waals surface area contributed by atoms with Crippen molar-refractivity contribution in [1.29, 1.82) is 0 Å². The fourth-order valence-electron chi connectivity index (χ4n) is 3.64. The van der Waals surface area contributed by atoms with E-state index in [1.54, 1.807) is 0 Å². The van der Waals surface area contributed by atoms with Crippen LogP contribution in [-0.4, -0.2) is 26.2 Å². The molecule has 3 aliphatic rings. The van der Waals surface area contributed by atoms with Crippen molar-refractivity contribution in [3.05, 3.63) is 60.2 Å². The van der Waals surface area contributed by atoms with Gasteiger partial charge in [-0.1, -0.05) is 42.5 Å². The lowest BCUT2D eigenvalue weighted by Crippen LogP contribution is -3.00. The largest absolute Gasteiger partial charge is 1.00 e. The van der Waals surface area contributed by atoms with E-state index in [-0.39, 0.29) is 17.0 Å². The van der Waals surface area contributed by atoms with E-state index in [4.69, 9.17) is 0 Å². The number of piperazine rings is 1. The van der Waals surface area contributed by atoms with Crippen LogP contribution in [0.2, 0.25) is 0 Å². The van der Waals surface area contributed by atoms with Crippen LogP contribution in [0.15, 0.2) is 54.6 Å². The number of rotatable bonds is 2. The molecule has 0 atom stereocenters. The van der Waals surface area contributed by atoms with Crippen LogP contribution in [0.4, 0.5) is 11.4 Å². The summed E-state index contributed by atoms with van der Waals surface area (Å²) in [5.74, 6) is 0. The molecule has 0 aromatic heterocycles. The molecule has 3 aliphatic heterocycles. The van der Waals surface area contributed by atoms with Crippen molar-refractivity contribution >= 4 is 11.4 Å². The van der Waals surface area contributed by atoms with E-state index >= 15 is 0 Å². The van der Waals surface area contributed by atoms with Crippen LogP contribution in [0.1, 0.15) is 5.56 Å². The van der Waals surface area contributed by atoms with E-state index in [0.717, 1.165) is 11.0 Å². The van der Waals surface area contributed by atoms with Crippen LogP contribution in [0.3, 0.4) is 0 Å². The van der Waals surface area contributed by atoms with E-state index in [2.05, 4.69) is 59.5 Å². The predicted molar refractivity (Wildman–Crippen MR) is 80.3 cm³/mol. The van der Waals surface area contributed by atoms with Gasteiger partial charge in [0.15, 0.2) is 5.69 Å². The lowest BCUT2D eigenvalue weighted by molar-refractivity contribution is -0.00000380. The van der Waals surface area contributed by atoms with E-state index in [1.807, 2.05) is 0 Å². The van der Waals surface area contributed by atoms with E-state index in [0.29, 0.717) is 0 Å². The molecule has 20 heavy (non-hydrogen) atoms. The summed E-state index contributed by atoms with van der Waals surface area (Å²) >= 11 is 0. The Labute approximate surface area is 131 Å². The molecule has 0 saturated carbocycles. The third kappa shape index (κ3) is 2.05. The van der Waals surface area contributed by atoms with Gasteiger partial charge in [-0.25, -0.2) is 0 Å². The molecule has 0 radical (unpaired) electrons. The van der Waals surface area contributed by atoms with Gasteiger partial charge in [-0.05, 0) is 6.07 Å². The van der Waals surface area contributed by atoms with Crippen molar-refractivity contribution in [3.8, 4) is 0 Å². The molecular weight excluding hydrogens is 312 g/mol. The first kappa shape index (κ1) is 13.7. The normalized spacial score (nSPS) is 18.3. The predicted octanol–water partition coefficient (Wildman–Crippen LogP) is 0.0317. The Morgan fingerprint density at radius 2 is 1.50 bits per heavy atom. The molecule has 2 aromatic rings. The zero-order valence-electron chi connectivity index (χ0n) is 11.5. The van der Waals surface area contributed by atoms with Crippen molar-refractivity contribution in [2.45, 2.75) is 6.54 Å². The molecule has 2 aromatic carbocycles. The van der Waals surface area contributed by atoms with E-state index in [1.165, 1.54) is 43.1 Å². The van der Waals surface area contributed by atoms with Crippen LogP contribution in [0.5, 0.6) is 0 Å². The second-order valence-corrected chi connectivity index (χ2v) is 5.71. The minimum atomic E-state index is 0. The zero-order chi connectivity index (χ0) is 12.7. The van der Waals surface area contributed by atoms with Gasteiger partial charge in [0.2, 0.25) is 0 Å². The highest BCUT2D eigenvalue weighted by atomic mass is 79.9. The van der Waals surface area contributed by atoms with Gasteiger partial charge in [0.1, 0.15) is 19.6 Å². The van der Waals surface area contributed by atoms with E-state index in [9.17, 15) is 0 Å². The minimum Gasteiger partial charge on any atom is -1.00 e. The van der Waals surface area contributed by atoms with E-state index < -0.39 is 0 Å². The lowest BCUT2D eigenvalue weighted by atomic mass is 10.0. The van der Waals surface area contributed by atoms with Gasteiger partial charge >= 0.3 is 0 Å². The topological polar surface area (TPSA) is 3.24 Å². The van der Waals surface area contributed by atoms with Crippen molar-refractivity contribution in [1.82, 2.24) is 4.48 Å². The standard InChI is InChI=1S/C17H19N2.BrH/c1-2-6-15(7-3-1)14-19-12-10-18(11-13-19)16-8-4-5-9-17(16)19;/h1-9H,10-14H2;1H/q+1;/p-1. The maximum Gasteiger partial charge on any atom is 0.156 e. The summed E-state index contributed by atoms with van der Waals surface area (Å²) in [7, 11) is 0. The summed E-state index contributed by atoms with van der Waals surface area (Å²) in [6, 6.07) is 19.9. The number of hydrogen-bond donors (Lipinski definition) is 0. The molecule has 2 bridgehead atoms. The van der Waals surface area contributed by atoms with Crippen LogP contribution in [-0.2, 0) is 6.54 Å². The number of hydrogen-bond acceptors (Lipinski definition) is 1. The summed E-state index contributed by atoms with van der Waals surface area (Å²) in [5.41, 5.74) is 4.42. The highest BCUT2D eigenvalue weighted by molar-refractivity contribution is 5.73. The second kappa shape index (κ2) is 5.23. The number of nitrogens with zero attached hydrogens (tertiary/aromatic N) is 2. The molecule has 1 saturated heterocycles. The van der Waals surface area contributed by atoms with Crippen LogP contribution < -0.4 is 26.4 Å². The zero-order valence-corrected chi connectivity index (χ0v) is 13.1. The van der Waals surface area contributed by atoms with Gasteiger partial charge in [0.05, 0.1) is 18.8 Å². The summed E-state index contributed by atoms with van der Waals surface area (Å²) in [5, 5.41) is 0. The fourth-order valence-corrected chi connectivity index (χ4v) is 3.64. The monoisotopic (exact) mass is 330 g/mol. The average molecular weight is 331 g/mol. The third-order valence-corrected chi connectivity index (χ3v) is 4.66. The summed E-state index contributed by atoms with van der Waals surface area (Å²) in [6.07, 6.45) is 0. The highest BCUT2D eigenvalue weighted by Gasteiger charge is 2.43. The Morgan fingerprint density at radius 1 is 0.850 bits per heavy atom. The smallest absolute Gasteiger partial charge is 0.156 e. The van der Waals surface area contributed by atoms with Crippen molar-refractivity contribution in [2.75, 3.05) is 31.1 Å². The molecule has 0 spiro atoms. The fraction of sp³-hybridized carbons (Fsp3) is 0.294. The SMILES string of the molecule is [Br-].c1ccc(C[N+]23CCN(CC2)c2ccccc23)cc1. The van der Waals surface area contributed by atoms with Gasteiger partial charge in [-0.15, -0.1) is 0 Å². The molecule has 1 fully saturated rings. The first-order valence-corrected chi connectivity index (χ1v) is 7.12. The molecule has 3 heterocycles. The summed E-state index contributed by atoms with van der Waals surface area (Å²) < 4.78 is 1.14. The third-order valence-electron chi connectivity index (χ3n) is 4.66. The highest BCUT2D eigenvalue weighted by Crippen LogP contribution is 2.42. The van der Waals surface area contributed by atoms with Gasteiger partial charge in [0.25, 0.3) is 0 Å². The Morgan fingerprint density at radius 3 is 2.25 bits per heavy atom. The van der Waals surface area contributed by atoms with Gasteiger partial charge in [-0.3, -0.25) is 4.48 Å². The van der Waals surface area contributed by atoms with Crippen LogP contribution in [0, 0.1) is 0 Å². The molecule has 104 valence electrons. The molecule has 0 N–H and O–H groups in total. The first-order chi connectivity index (χ1) is 9.37.